The molecule has 0 saturated carbocycles. The van der Waals surface area contributed by atoms with Crippen LogP contribution in [0, 0.1) is 17.2 Å². The summed E-state index contributed by atoms with van der Waals surface area (Å²) in [7, 11) is 0. The van der Waals surface area contributed by atoms with Crippen molar-refractivity contribution in [3.63, 3.8) is 0 Å². The molecule has 1 saturated heterocycles. The van der Waals surface area contributed by atoms with E-state index in [2.05, 4.69) is 80.3 Å². The van der Waals surface area contributed by atoms with E-state index < -0.39 is 5.60 Å². The molecule has 3 aromatic rings. The van der Waals surface area contributed by atoms with Crippen LogP contribution < -0.4 is 0 Å². The predicted molar refractivity (Wildman–Crippen MR) is 180 cm³/mol. The standard InChI is InChI=1S/C37H49ClFN3O2/c1-9-29-15-16-31(39)20-32(29)30-19-33(41(25-30)22-27-13-11-10-12-14-27)34(36(3,4)5)42(26(2)21-38)24-28-17-18-40(23-28)35(43)44-37(6,7)8/h9-16,19-20,25-26,28,34H,1,17-18,21-24H2,2-8H3/t26?,28?,34-/m0/s1. The van der Waals surface area contributed by atoms with Crippen LogP contribution in [0.3, 0.4) is 0 Å². The van der Waals surface area contributed by atoms with E-state index in [0.717, 1.165) is 35.3 Å². The van der Waals surface area contributed by atoms with Gasteiger partial charge in [-0.3, -0.25) is 4.90 Å². The summed E-state index contributed by atoms with van der Waals surface area (Å²) in [6.45, 7) is 21.5. The number of ether oxygens (including phenoxy) is 1. The number of alkyl halides is 1. The fourth-order valence-corrected chi connectivity index (χ4v) is 6.47. The molecular weight excluding hydrogens is 573 g/mol. The normalized spacial score (nSPS) is 17.1. The Morgan fingerprint density at radius 2 is 1.84 bits per heavy atom. The summed E-state index contributed by atoms with van der Waals surface area (Å²) in [5.41, 5.74) is 4.30. The fourth-order valence-electron chi connectivity index (χ4n) is 6.29. The summed E-state index contributed by atoms with van der Waals surface area (Å²) >= 11 is 6.61. The Labute approximate surface area is 268 Å². The number of rotatable bonds is 10. The molecule has 44 heavy (non-hydrogen) atoms. The lowest BCUT2D eigenvalue weighted by atomic mass is 9.82. The van der Waals surface area contributed by atoms with Crippen molar-refractivity contribution in [2.45, 2.75) is 79.1 Å². The number of likely N-dealkylation sites (tertiary alicyclic amines) is 1. The maximum Gasteiger partial charge on any atom is 0.410 e. The number of hydrogen-bond donors (Lipinski definition) is 0. The molecule has 4 rings (SSSR count). The Hall–Kier alpha value is -3.09. The molecule has 0 aliphatic carbocycles. The Morgan fingerprint density at radius 3 is 2.45 bits per heavy atom. The Morgan fingerprint density at radius 1 is 1.14 bits per heavy atom. The zero-order valence-electron chi connectivity index (χ0n) is 27.4. The maximum absolute atomic E-state index is 14.6. The van der Waals surface area contributed by atoms with Gasteiger partial charge in [-0.2, -0.15) is 0 Å². The van der Waals surface area contributed by atoms with Crippen LogP contribution in [0.2, 0.25) is 0 Å². The average Bonchev–Trinajstić information content (AvgIpc) is 3.59. The van der Waals surface area contributed by atoms with E-state index in [0.29, 0.717) is 25.5 Å². The van der Waals surface area contributed by atoms with Crippen LogP contribution >= 0.6 is 11.6 Å². The van der Waals surface area contributed by atoms with E-state index in [-0.39, 0.29) is 35.3 Å². The van der Waals surface area contributed by atoms with Gasteiger partial charge in [0.05, 0.1) is 6.04 Å². The van der Waals surface area contributed by atoms with Crippen molar-refractivity contribution in [2.75, 3.05) is 25.5 Å². The molecule has 1 aromatic heterocycles. The second-order valence-corrected chi connectivity index (χ2v) is 14.6. The highest BCUT2D eigenvalue weighted by Crippen LogP contribution is 2.43. The van der Waals surface area contributed by atoms with Gasteiger partial charge in [0.2, 0.25) is 0 Å². The van der Waals surface area contributed by atoms with Gasteiger partial charge in [0.1, 0.15) is 11.4 Å². The molecule has 0 radical (unpaired) electrons. The topological polar surface area (TPSA) is 37.7 Å². The second-order valence-electron chi connectivity index (χ2n) is 14.3. The Balaban J connectivity index is 1.76. The molecule has 2 unspecified atom stereocenters. The van der Waals surface area contributed by atoms with Gasteiger partial charge in [-0.05, 0) is 80.3 Å². The summed E-state index contributed by atoms with van der Waals surface area (Å²) in [5, 5.41) is 0. The van der Waals surface area contributed by atoms with E-state index in [1.165, 1.54) is 11.6 Å². The van der Waals surface area contributed by atoms with Gasteiger partial charge in [-0.25, -0.2) is 9.18 Å². The quantitative estimate of drug-likeness (QED) is 0.212. The predicted octanol–water partition coefficient (Wildman–Crippen LogP) is 9.26. The largest absolute Gasteiger partial charge is 0.444 e. The lowest BCUT2D eigenvalue weighted by Crippen LogP contribution is -2.47. The number of carbonyl (C=O) groups excluding carboxylic acids is 1. The van der Waals surface area contributed by atoms with E-state index in [1.54, 1.807) is 18.2 Å². The van der Waals surface area contributed by atoms with E-state index >= 15 is 0 Å². The van der Waals surface area contributed by atoms with Crippen molar-refractivity contribution in [2.24, 2.45) is 11.3 Å². The molecule has 0 N–H and O–H groups in total. The number of halogens is 2. The molecule has 1 amide bonds. The Bertz CT molecular complexity index is 1420. The maximum atomic E-state index is 14.6. The molecule has 2 aromatic carbocycles. The van der Waals surface area contributed by atoms with Gasteiger partial charge in [-0.1, -0.05) is 69.8 Å². The van der Waals surface area contributed by atoms with Crippen LogP contribution in [0.5, 0.6) is 0 Å². The summed E-state index contributed by atoms with van der Waals surface area (Å²) in [4.78, 5) is 17.2. The minimum absolute atomic E-state index is 0.00923. The molecular formula is C37H49ClFN3O2. The molecule has 5 nitrogen and oxygen atoms in total. The first kappa shape index (κ1) is 33.8. The van der Waals surface area contributed by atoms with Crippen LogP contribution in [0.25, 0.3) is 17.2 Å². The highest BCUT2D eigenvalue weighted by Gasteiger charge is 2.39. The van der Waals surface area contributed by atoms with Gasteiger partial charge >= 0.3 is 6.09 Å². The molecule has 0 bridgehead atoms. The van der Waals surface area contributed by atoms with Crippen molar-refractivity contribution in [3.05, 3.63) is 90.0 Å². The van der Waals surface area contributed by atoms with Crippen LogP contribution in [0.4, 0.5) is 9.18 Å². The van der Waals surface area contributed by atoms with Crippen molar-refractivity contribution < 1.29 is 13.9 Å². The molecule has 238 valence electrons. The minimum Gasteiger partial charge on any atom is -0.444 e. The number of amides is 1. The van der Waals surface area contributed by atoms with Crippen molar-refractivity contribution in [1.82, 2.24) is 14.4 Å². The number of nitrogens with zero attached hydrogens (tertiary/aromatic N) is 3. The first-order valence-electron chi connectivity index (χ1n) is 15.7. The van der Waals surface area contributed by atoms with E-state index in [1.807, 2.05) is 31.7 Å². The summed E-state index contributed by atoms with van der Waals surface area (Å²) in [5.74, 6) is 0.486. The van der Waals surface area contributed by atoms with Gasteiger partial charge in [0.25, 0.3) is 0 Å². The summed E-state index contributed by atoms with van der Waals surface area (Å²) < 4.78 is 22.5. The molecule has 1 aliphatic rings. The lowest BCUT2D eigenvalue weighted by Gasteiger charge is -2.44. The first-order valence-corrected chi connectivity index (χ1v) is 16.2. The third-order valence-electron chi connectivity index (χ3n) is 8.30. The van der Waals surface area contributed by atoms with E-state index in [4.69, 9.17) is 16.3 Å². The van der Waals surface area contributed by atoms with Gasteiger partial charge in [0, 0.05) is 55.6 Å². The van der Waals surface area contributed by atoms with Gasteiger partial charge < -0.3 is 14.2 Å². The van der Waals surface area contributed by atoms with Crippen molar-refractivity contribution in [1.29, 1.82) is 0 Å². The van der Waals surface area contributed by atoms with Crippen molar-refractivity contribution in [3.8, 4) is 11.1 Å². The molecule has 7 heteroatoms. The lowest BCUT2D eigenvalue weighted by molar-refractivity contribution is 0.0263. The number of hydrogen-bond acceptors (Lipinski definition) is 3. The van der Waals surface area contributed by atoms with Crippen LogP contribution in [0.15, 0.2) is 67.4 Å². The van der Waals surface area contributed by atoms with Crippen LogP contribution in [-0.4, -0.2) is 57.6 Å². The molecule has 1 fully saturated rings. The molecule has 2 heterocycles. The van der Waals surface area contributed by atoms with Crippen LogP contribution in [0.1, 0.15) is 77.7 Å². The Kier molecular flexibility index (Phi) is 10.7. The van der Waals surface area contributed by atoms with Gasteiger partial charge in [0.15, 0.2) is 0 Å². The summed E-state index contributed by atoms with van der Waals surface area (Å²) in [6.07, 6.45) is 4.58. The average molecular weight is 622 g/mol. The summed E-state index contributed by atoms with van der Waals surface area (Å²) in [6, 6.07) is 17.6. The number of carbonyl (C=O) groups is 1. The molecule has 3 atom stereocenters. The SMILES string of the molecule is C=Cc1ccc(F)cc1-c1cc([C@H](N(CC2CCN(C(=O)OC(C)(C)C)C2)C(C)CCl)C(C)(C)C)n(Cc2ccccc2)c1. The van der Waals surface area contributed by atoms with E-state index in [9.17, 15) is 9.18 Å². The number of aromatic nitrogens is 1. The first-order chi connectivity index (χ1) is 20.7. The van der Waals surface area contributed by atoms with Gasteiger partial charge in [-0.15, -0.1) is 11.6 Å². The second kappa shape index (κ2) is 13.9. The highest BCUT2D eigenvalue weighted by atomic mass is 35.5. The monoisotopic (exact) mass is 621 g/mol. The third kappa shape index (κ3) is 8.33. The highest BCUT2D eigenvalue weighted by molar-refractivity contribution is 6.18. The zero-order chi connectivity index (χ0) is 32.2. The third-order valence-corrected chi connectivity index (χ3v) is 8.75. The number of benzene rings is 2. The molecule has 1 aliphatic heterocycles. The fraction of sp³-hybridized carbons (Fsp3) is 0.486. The zero-order valence-corrected chi connectivity index (χ0v) is 28.2. The van der Waals surface area contributed by atoms with Crippen LogP contribution in [-0.2, 0) is 11.3 Å². The molecule has 0 spiro atoms. The smallest absolute Gasteiger partial charge is 0.410 e. The minimum atomic E-state index is -0.527. The van der Waals surface area contributed by atoms with Crippen molar-refractivity contribution >= 4 is 23.8 Å².